The Morgan fingerprint density at radius 1 is 0.864 bits per heavy atom. The number of ketones is 2. The lowest BCUT2D eigenvalue weighted by Crippen LogP contribution is -2.23. The van der Waals surface area contributed by atoms with Crippen LogP contribution in [0.3, 0.4) is 0 Å². The van der Waals surface area contributed by atoms with Gasteiger partial charge >= 0.3 is 0 Å². The third-order valence-corrected chi connectivity index (χ3v) is 3.67. The van der Waals surface area contributed by atoms with Crippen molar-refractivity contribution in [3.05, 3.63) is 58.1 Å². The van der Waals surface area contributed by atoms with Crippen LogP contribution in [-0.4, -0.2) is 32.1 Å². The summed E-state index contributed by atoms with van der Waals surface area (Å²) in [5.41, 5.74) is 1.10. The zero-order valence-electron chi connectivity index (χ0n) is 12.0. The molecule has 0 atom stereocenters. The van der Waals surface area contributed by atoms with Crippen LogP contribution in [0.2, 0.25) is 0 Å². The second-order valence-electron chi connectivity index (χ2n) is 4.80. The molecule has 2 aromatic carbocycles. The Hall–Kier alpha value is -2.95. The number of aldehydes is 1. The van der Waals surface area contributed by atoms with Crippen LogP contribution in [0.1, 0.15) is 42.2 Å². The summed E-state index contributed by atoms with van der Waals surface area (Å²) in [6.07, 6.45) is 0.613. The van der Waals surface area contributed by atoms with Gasteiger partial charge in [0.05, 0.1) is 25.3 Å². The fourth-order valence-corrected chi connectivity index (χ4v) is 2.67. The van der Waals surface area contributed by atoms with Gasteiger partial charge in [-0.2, -0.15) is 0 Å². The van der Waals surface area contributed by atoms with Crippen molar-refractivity contribution >= 4 is 17.9 Å². The number of carbonyl (C=O) groups excluding carboxylic acids is 3. The topological polar surface area (TPSA) is 69.7 Å². The lowest BCUT2D eigenvalue weighted by molar-refractivity contribution is 0.0973. The maximum Gasteiger partial charge on any atom is 0.201 e. The van der Waals surface area contributed by atoms with Crippen LogP contribution in [0.4, 0.5) is 0 Å². The number of ether oxygens (including phenoxy) is 2. The first-order chi connectivity index (χ1) is 10.6. The minimum absolute atomic E-state index is 0.162. The smallest absolute Gasteiger partial charge is 0.201 e. The molecule has 0 fully saturated rings. The van der Waals surface area contributed by atoms with E-state index in [1.807, 2.05) is 0 Å². The Morgan fingerprint density at radius 3 is 2.18 bits per heavy atom. The normalized spacial score (nSPS) is 12.5. The first-order valence-corrected chi connectivity index (χ1v) is 6.56. The monoisotopic (exact) mass is 296 g/mol. The van der Waals surface area contributed by atoms with Crippen LogP contribution in [0.25, 0.3) is 0 Å². The summed E-state index contributed by atoms with van der Waals surface area (Å²) < 4.78 is 10.4. The summed E-state index contributed by atoms with van der Waals surface area (Å²) in [4.78, 5) is 36.5. The molecule has 0 amide bonds. The summed E-state index contributed by atoms with van der Waals surface area (Å²) in [7, 11) is 2.83. The quantitative estimate of drug-likeness (QED) is 0.694. The fraction of sp³-hybridized carbons (Fsp3) is 0.118. The van der Waals surface area contributed by atoms with E-state index in [0.717, 1.165) is 0 Å². The maximum absolute atomic E-state index is 12.8. The lowest BCUT2D eigenvalue weighted by atomic mass is 9.82. The first-order valence-electron chi connectivity index (χ1n) is 6.56. The van der Waals surface area contributed by atoms with Crippen molar-refractivity contribution in [3.8, 4) is 11.5 Å². The van der Waals surface area contributed by atoms with Gasteiger partial charge in [-0.1, -0.05) is 12.1 Å². The van der Waals surface area contributed by atoms with Crippen LogP contribution in [-0.2, 0) is 0 Å². The Labute approximate surface area is 126 Å². The minimum Gasteiger partial charge on any atom is -0.496 e. The molecule has 0 aliphatic heterocycles. The van der Waals surface area contributed by atoms with E-state index in [4.69, 9.17) is 9.47 Å². The molecule has 0 saturated heterocycles. The predicted molar refractivity (Wildman–Crippen MR) is 78.2 cm³/mol. The highest BCUT2D eigenvalue weighted by molar-refractivity contribution is 6.30. The van der Waals surface area contributed by atoms with E-state index < -0.39 is 0 Å². The van der Waals surface area contributed by atoms with E-state index in [0.29, 0.717) is 12.0 Å². The Morgan fingerprint density at radius 2 is 1.55 bits per heavy atom. The molecular formula is C17H12O5. The molecule has 5 heteroatoms. The average molecular weight is 296 g/mol. The first kappa shape index (κ1) is 14.0. The number of carbonyl (C=O) groups is 3. The zero-order valence-corrected chi connectivity index (χ0v) is 12.0. The molecule has 0 spiro atoms. The van der Waals surface area contributed by atoms with Gasteiger partial charge in [0.2, 0.25) is 5.78 Å². The average Bonchev–Trinajstić information content (AvgIpc) is 2.57. The zero-order chi connectivity index (χ0) is 15.9. The van der Waals surface area contributed by atoms with Crippen molar-refractivity contribution in [2.45, 2.75) is 0 Å². The van der Waals surface area contributed by atoms with Crippen LogP contribution in [0.15, 0.2) is 30.3 Å². The summed E-state index contributed by atoms with van der Waals surface area (Å²) >= 11 is 0. The Balaban J connectivity index is 2.36. The number of hydrogen-bond donors (Lipinski definition) is 0. The van der Waals surface area contributed by atoms with Crippen LogP contribution in [0, 0.1) is 0 Å². The molecule has 3 rings (SSSR count). The molecule has 1 aliphatic carbocycles. The van der Waals surface area contributed by atoms with Gasteiger partial charge in [-0.05, 0) is 18.2 Å². The molecule has 5 nitrogen and oxygen atoms in total. The van der Waals surface area contributed by atoms with E-state index in [-0.39, 0.29) is 45.1 Å². The Kier molecular flexibility index (Phi) is 3.25. The molecule has 0 saturated carbocycles. The third kappa shape index (κ3) is 1.83. The molecule has 0 unspecified atom stereocenters. The van der Waals surface area contributed by atoms with E-state index in [9.17, 15) is 14.4 Å². The van der Waals surface area contributed by atoms with Crippen LogP contribution >= 0.6 is 0 Å². The molecule has 0 radical (unpaired) electrons. The molecule has 22 heavy (non-hydrogen) atoms. The summed E-state index contributed by atoms with van der Waals surface area (Å²) in [5, 5.41) is 0. The fourth-order valence-electron chi connectivity index (χ4n) is 2.67. The summed E-state index contributed by atoms with van der Waals surface area (Å²) in [5.74, 6) is -0.139. The molecule has 1 aliphatic rings. The summed E-state index contributed by atoms with van der Waals surface area (Å²) in [6, 6.07) is 7.70. The largest absolute Gasteiger partial charge is 0.496 e. The second-order valence-corrected chi connectivity index (χ2v) is 4.80. The number of benzene rings is 2. The van der Waals surface area contributed by atoms with Gasteiger partial charge in [-0.25, -0.2) is 0 Å². The maximum atomic E-state index is 12.8. The van der Waals surface area contributed by atoms with Crippen molar-refractivity contribution < 1.29 is 23.9 Å². The van der Waals surface area contributed by atoms with Gasteiger partial charge in [-0.15, -0.1) is 0 Å². The Bertz CT molecular complexity index is 820. The van der Waals surface area contributed by atoms with E-state index >= 15 is 0 Å². The lowest BCUT2D eigenvalue weighted by Gasteiger charge is -2.21. The minimum atomic E-state index is -0.351. The molecule has 0 heterocycles. The molecular weight excluding hydrogens is 284 g/mol. The van der Waals surface area contributed by atoms with Crippen LogP contribution < -0.4 is 9.47 Å². The van der Waals surface area contributed by atoms with Crippen molar-refractivity contribution in [1.29, 1.82) is 0 Å². The van der Waals surface area contributed by atoms with Crippen molar-refractivity contribution in [2.75, 3.05) is 14.2 Å². The predicted octanol–water partition coefficient (Wildman–Crippen LogP) is 2.29. The summed E-state index contributed by atoms with van der Waals surface area (Å²) in [6.45, 7) is 0. The van der Waals surface area contributed by atoms with Gasteiger partial charge in [0.25, 0.3) is 0 Å². The third-order valence-electron chi connectivity index (χ3n) is 3.67. The van der Waals surface area contributed by atoms with Gasteiger partial charge in [0, 0.05) is 16.7 Å². The highest BCUT2D eigenvalue weighted by atomic mass is 16.5. The number of methoxy groups -OCH3 is 2. The van der Waals surface area contributed by atoms with Gasteiger partial charge in [0.1, 0.15) is 17.8 Å². The standard InChI is InChI=1S/C17H12O5/c1-21-12-5-3-4-10-14(12)17(20)15-11(16(10)19)6-9(8-18)7-13(15)22-2/h3-8H,1-2H3. The molecule has 0 aromatic heterocycles. The van der Waals surface area contributed by atoms with Crippen LogP contribution in [0.5, 0.6) is 11.5 Å². The number of hydrogen-bond acceptors (Lipinski definition) is 5. The van der Waals surface area contributed by atoms with E-state index in [2.05, 4.69) is 0 Å². The van der Waals surface area contributed by atoms with E-state index in [1.54, 1.807) is 18.2 Å². The molecule has 110 valence electrons. The molecule has 0 bridgehead atoms. The number of fused-ring (bicyclic) bond motifs is 2. The second kappa shape index (κ2) is 5.11. The number of rotatable bonds is 3. The van der Waals surface area contributed by atoms with Gasteiger partial charge < -0.3 is 9.47 Å². The SMILES string of the molecule is COc1cccc2c1C(=O)c1c(OC)cc(C=O)cc1C2=O. The molecule has 0 N–H and O–H groups in total. The molecule has 2 aromatic rings. The van der Waals surface area contributed by atoms with E-state index in [1.165, 1.54) is 26.4 Å². The van der Waals surface area contributed by atoms with Crippen molar-refractivity contribution in [2.24, 2.45) is 0 Å². The van der Waals surface area contributed by atoms with Gasteiger partial charge in [0.15, 0.2) is 5.78 Å². The van der Waals surface area contributed by atoms with Gasteiger partial charge in [-0.3, -0.25) is 14.4 Å². The van der Waals surface area contributed by atoms with Crippen molar-refractivity contribution in [1.82, 2.24) is 0 Å². The highest BCUT2D eigenvalue weighted by Crippen LogP contribution is 2.37. The van der Waals surface area contributed by atoms with Crippen molar-refractivity contribution in [3.63, 3.8) is 0 Å². The highest BCUT2D eigenvalue weighted by Gasteiger charge is 2.35.